The molecule has 1 heteroatoms. The predicted octanol–water partition coefficient (Wildman–Crippen LogP) is 5.66. The molecule has 0 aliphatic carbocycles. The molecule has 0 heterocycles. The molecule has 0 saturated carbocycles. The van der Waals surface area contributed by atoms with E-state index in [1.54, 1.807) is 0 Å². The summed E-state index contributed by atoms with van der Waals surface area (Å²) in [6.45, 7) is 6.44. The van der Waals surface area contributed by atoms with Gasteiger partial charge in [-0.05, 0) is 47.9 Å². The summed E-state index contributed by atoms with van der Waals surface area (Å²) in [5.74, 6) is 0. The molecular weight excluding hydrogens is 278 g/mol. The summed E-state index contributed by atoms with van der Waals surface area (Å²) in [6.07, 6.45) is 7.45. The molecule has 0 amide bonds. The first kappa shape index (κ1) is 17.7. The molecule has 0 saturated heterocycles. The largest absolute Gasteiger partial charge is 0.309 e. The van der Waals surface area contributed by atoms with Gasteiger partial charge in [0, 0.05) is 13.1 Å². The summed E-state index contributed by atoms with van der Waals surface area (Å²) in [4.78, 5) is 0. The van der Waals surface area contributed by atoms with Gasteiger partial charge in [-0.2, -0.15) is 0 Å². The normalized spacial score (nSPS) is 10.9. The first-order chi connectivity index (χ1) is 11.3. The molecule has 124 valence electrons. The second-order valence-corrected chi connectivity index (χ2v) is 6.35. The van der Waals surface area contributed by atoms with E-state index in [0.29, 0.717) is 0 Å². The maximum atomic E-state index is 3.65. The molecule has 1 nitrogen and oxygen atoms in total. The van der Waals surface area contributed by atoms with Gasteiger partial charge in [-0.3, -0.25) is 0 Å². The van der Waals surface area contributed by atoms with Crippen molar-refractivity contribution in [2.24, 2.45) is 0 Å². The van der Waals surface area contributed by atoms with E-state index in [1.165, 1.54) is 60.8 Å². The predicted molar refractivity (Wildman–Crippen MR) is 101 cm³/mol. The molecule has 0 bridgehead atoms. The van der Waals surface area contributed by atoms with Gasteiger partial charge in [0.1, 0.15) is 0 Å². The number of rotatable bonds is 10. The molecule has 0 fully saturated rings. The van der Waals surface area contributed by atoms with Gasteiger partial charge >= 0.3 is 0 Å². The Labute approximate surface area is 142 Å². The Morgan fingerprint density at radius 2 is 1.00 bits per heavy atom. The van der Waals surface area contributed by atoms with Crippen LogP contribution in [0.25, 0.3) is 0 Å². The fourth-order valence-electron chi connectivity index (χ4n) is 3.01. The van der Waals surface area contributed by atoms with Crippen molar-refractivity contribution in [3.8, 4) is 0 Å². The van der Waals surface area contributed by atoms with Crippen LogP contribution < -0.4 is 5.32 Å². The molecule has 23 heavy (non-hydrogen) atoms. The standard InChI is InChI=1S/C22H31N/c1-3-5-11-19-13-7-9-15-21(19)17-23-18-22-16-10-8-14-20(22)12-6-4-2/h7-10,13-16,23H,3-6,11-12,17-18H2,1-2H3. The van der Waals surface area contributed by atoms with Crippen LogP contribution in [0.1, 0.15) is 61.8 Å². The topological polar surface area (TPSA) is 12.0 Å². The number of nitrogens with one attached hydrogen (secondary N) is 1. The lowest BCUT2D eigenvalue weighted by Gasteiger charge is -2.13. The van der Waals surface area contributed by atoms with Crippen LogP contribution in [-0.4, -0.2) is 0 Å². The van der Waals surface area contributed by atoms with Crippen LogP contribution in [0.3, 0.4) is 0 Å². The van der Waals surface area contributed by atoms with Crippen molar-refractivity contribution < 1.29 is 0 Å². The highest BCUT2D eigenvalue weighted by Gasteiger charge is 2.04. The highest BCUT2D eigenvalue weighted by atomic mass is 14.8. The first-order valence-electron chi connectivity index (χ1n) is 9.19. The minimum absolute atomic E-state index is 0.960. The van der Waals surface area contributed by atoms with E-state index in [2.05, 4.69) is 67.7 Å². The van der Waals surface area contributed by atoms with Crippen LogP contribution >= 0.6 is 0 Å². The Morgan fingerprint density at radius 1 is 0.609 bits per heavy atom. The van der Waals surface area contributed by atoms with Gasteiger partial charge < -0.3 is 5.32 Å². The minimum atomic E-state index is 0.960. The van der Waals surface area contributed by atoms with Gasteiger partial charge in [0.25, 0.3) is 0 Å². The number of unbranched alkanes of at least 4 members (excludes halogenated alkanes) is 2. The molecule has 0 spiro atoms. The van der Waals surface area contributed by atoms with Crippen molar-refractivity contribution in [3.63, 3.8) is 0 Å². The summed E-state index contributed by atoms with van der Waals surface area (Å²) >= 11 is 0. The highest BCUT2D eigenvalue weighted by molar-refractivity contribution is 5.29. The molecule has 2 aromatic rings. The van der Waals surface area contributed by atoms with E-state index in [9.17, 15) is 0 Å². The molecule has 0 atom stereocenters. The van der Waals surface area contributed by atoms with E-state index in [4.69, 9.17) is 0 Å². The molecule has 2 rings (SSSR count). The van der Waals surface area contributed by atoms with Gasteiger partial charge in [-0.15, -0.1) is 0 Å². The van der Waals surface area contributed by atoms with Gasteiger partial charge in [0.15, 0.2) is 0 Å². The summed E-state index contributed by atoms with van der Waals surface area (Å²) in [5, 5.41) is 3.65. The minimum Gasteiger partial charge on any atom is -0.309 e. The Balaban J connectivity index is 1.92. The lowest BCUT2D eigenvalue weighted by atomic mass is 10.0. The Bertz CT molecular complexity index is 522. The molecule has 2 aromatic carbocycles. The molecular formula is C22H31N. The number of hydrogen-bond donors (Lipinski definition) is 1. The fraction of sp³-hybridized carbons (Fsp3) is 0.455. The lowest BCUT2D eigenvalue weighted by Crippen LogP contribution is -2.15. The van der Waals surface area contributed by atoms with Crippen LogP contribution in [-0.2, 0) is 25.9 Å². The van der Waals surface area contributed by atoms with Gasteiger partial charge in [0.05, 0.1) is 0 Å². The third-order valence-electron chi connectivity index (χ3n) is 4.47. The second-order valence-electron chi connectivity index (χ2n) is 6.35. The molecule has 0 radical (unpaired) electrons. The zero-order valence-electron chi connectivity index (χ0n) is 14.8. The smallest absolute Gasteiger partial charge is 0.0211 e. The van der Waals surface area contributed by atoms with E-state index < -0.39 is 0 Å². The van der Waals surface area contributed by atoms with E-state index in [-0.39, 0.29) is 0 Å². The quantitative estimate of drug-likeness (QED) is 0.597. The maximum absolute atomic E-state index is 3.65. The van der Waals surface area contributed by atoms with E-state index in [0.717, 1.165) is 13.1 Å². The zero-order chi connectivity index (χ0) is 16.3. The zero-order valence-corrected chi connectivity index (χ0v) is 14.8. The summed E-state index contributed by atoms with van der Waals surface area (Å²) in [5.41, 5.74) is 5.90. The number of benzene rings is 2. The summed E-state index contributed by atoms with van der Waals surface area (Å²) in [6, 6.07) is 17.7. The molecule has 0 unspecified atom stereocenters. The third-order valence-corrected chi connectivity index (χ3v) is 4.47. The third kappa shape index (κ3) is 5.84. The van der Waals surface area contributed by atoms with Crippen molar-refractivity contribution in [1.82, 2.24) is 5.32 Å². The summed E-state index contributed by atoms with van der Waals surface area (Å²) in [7, 11) is 0. The van der Waals surface area contributed by atoms with Crippen LogP contribution in [0.5, 0.6) is 0 Å². The monoisotopic (exact) mass is 309 g/mol. The summed E-state index contributed by atoms with van der Waals surface area (Å²) < 4.78 is 0. The van der Waals surface area contributed by atoms with Crippen LogP contribution in [0.15, 0.2) is 48.5 Å². The average Bonchev–Trinajstić information content (AvgIpc) is 2.60. The highest BCUT2D eigenvalue weighted by Crippen LogP contribution is 2.14. The Hall–Kier alpha value is -1.60. The SMILES string of the molecule is CCCCc1ccccc1CNCc1ccccc1CCCC. The van der Waals surface area contributed by atoms with Crippen LogP contribution in [0.2, 0.25) is 0 Å². The Morgan fingerprint density at radius 3 is 1.39 bits per heavy atom. The van der Waals surface area contributed by atoms with Gasteiger partial charge in [-0.1, -0.05) is 75.2 Å². The van der Waals surface area contributed by atoms with E-state index >= 15 is 0 Å². The lowest BCUT2D eigenvalue weighted by molar-refractivity contribution is 0.673. The van der Waals surface area contributed by atoms with Crippen molar-refractivity contribution in [2.75, 3.05) is 0 Å². The Kier molecular flexibility index (Phi) is 7.89. The van der Waals surface area contributed by atoms with Gasteiger partial charge in [-0.25, -0.2) is 0 Å². The number of aryl methyl sites for hydroxylation is 2. The molecule has 0 aliphatic rings. The van der Waals surface area contributed by atoms with Crippen molar-refractivity contribution in [1.29, 1.82) is 0 Å². The maximum Gasteiger partial charge on any atom is 0.0211 e. The average molecular weight is 309 g/mol. The first-order valence-corrected chi connectivity index (χ1v) is 9.19. The molecule has 0 aromatic heterocycles. The van der Waals surface area contributed by atoms with Crippen molar-refractivity contribution in [2.45, 2.75) is 65.5 Å². The van der Waals surface area contributed by atoms with Crippen LogP contribution in [0.4, 0.5) is 0 Å². The fourth-order valence-corrected chi connectivity index (χ4v) is 3.01. The van der Waals surface area contributed by atoms with Crippen molar-refractivity contribution in [3.05, 3.63) is 70.8 Å². The second kappa shape index (κ2) is 10.2. The van der Waals surface area contributed by atoms with Crippen LogP contribution in [0, 0.1) is 0 Å². The molecule has 0 aliphatic heterocycles. The van der Waals surface area contributed by atoms with E-state index in [1.807, 2.05) is 0 Å². The molecule has 1 N–H and O–H groups in total. The number of hydrogen-bond acceptors (Lipinski definition) is 1. The van der Waals surface area contributed by atoms with Gasteiger partial charge in [0.2, 0.25) is 0 Å². The van der Waals surface area contributed by atoms with Crippen molar-refractivity contribution >= 4 is 0 Å².